The molecule has 16 heavy (non-hydrogen) atoms. The van der Waals surface area contributed by atoms with Gasteiger partial charge in [-0.3, -0.25) is 0 Å². The molecule has 2 unspecified atom stereocenters. The van der Waals surface area contributed by atoms with Gasteiger partial charge in [0.05, 0.1) is 12.6 Å². The van der Waals surface area contributed by atoms with Crippen molar-refractivity contribution in [3.63, 3.8) is 0 Å². The van der Waals surface area contributed by atoms with Crippen LogP contribution in [0.3, 0.4) is 0 Å². The molecule has 0 aliphatic carbocycles. The lowest BCUT2D eigenvalue weighted by Gasteiger charge is -2.20. The zero-order valence-electron chi connectivity index (χ0n) is 9.76. The zero-order chi connectivity index (χ0) is 11.4. The summed E-state index contributed by atoms with van der Waals surface area (Å²) in [4.78, 5) is 3.74. The Morgan fingerprint density at radius 3 is 3.25 bits per heavy atom. The minimum Gasteiger partial charge on any atom is -0.384 e. The van der Waals surface area contributed by atoms with E-state index >= 15 is 0 Å². The molecule has 2 heterocycles. The van der Waals surface area contributed by atoms with Gasteiger partial charge in [-0.2, -0.15) is 0 Å². The van der Waals surface area contributed by atoms with Crippen molar-refractivity contribution in [3.05, 3.63) is 22.4 Å². The van der Waals surface area contributed by atoms with Crippen LogP contribution >= 0.6 is 11.3 Å². The zero-order valence-corrected chi connectivity index (χ0v) is 10.6. The lowest BCUT2D eigenvalue weighted by atomic mass is 10.1. The van der Waals surface area contributed by atoms with Crippen LogP contribution in [-0.4, -0.2) is 38.3 Å². The van der Waals surface area contributed by atoms with Gasteiger partial charge in [-0.15, -0.1) is 11.3 Å². The summed E-state index contributed by atoms with van der Waals surface area (Å²) < 4.78 is 5.20. The van der Waals surface area contributed by atoms with Crippen LogP contribution in [0.2, 0.25) is 0 Å². The summed E-state index contributed by atoms with van der Waals surface area (Å²) in [5.41, 5.74) is 6.18. The summed E-state index contributed by atoms with van der Waals surface area (Å²) >= 11 is 1.75. The van der Waals surface area contributed by atoms with Crippen LogP contribution in [0.4, 0.5) is 0 Å². The van der Waals surface area contributed by atoms with E-state index in [-0.39, 0.29) is 6.04 Å². The fraction of sp³-hybridized carbons (Fsp3) is 0.667. The fourth-order valence-electron chi connectivity index (χ4n) is 2.32. The number of ether oxygens (including phenoxy) is 1. The van der Waals surface area contributed by atoms with E-state index in [1.165, 1.54) is 11.3 Å². The summed E-state index contributed by atoms with van der Waals surface area (Å²) in [6.45, 7) is 4.14. The number of nitrogens with two attached hydrogens (primary N) is 1. The van der Waals surface area contributed by atoms with Gasteiger partial charge in [-0.25, -0.2) is 0 Å². The summed E-state index contributed by atoms with van der Waals surface area (Å²) in [6, 6.07) is 4.36. The van der Waals surface area contributed by atoms with Crippen molar-refractivity contribution in [2.75, 3.05) is 33.4 Å². The molecule has 0 aromatic carbocycles. The first-order valence-corrected chi connectivity index (χ1v) is 6.68. The number of thiophene rings is 1. The number of likely N-dealkylation sites (tertiary alicyclic amines) is 1. The lowest BCUT2D eigenvalue weighted by Crippen LogP contribution is -2.30. The van der Waals surface area contributed by atoms with Gasteiger partial charge >= 0.3 is 0 Å². The van der Waals surface area contributed by atoms with Crippen LogP contribution in [0.1, 0.15) is 17.3 Å². The summed E-state index contributed by atoms with van der Waals surface area (Å²) in [5, 5.41) is 2.09. The molecule has 0 bridgehead atoms. The molecule has 1 fully saturated rings. The van der Waals surface area contributed by atoms with Gasteiger partial charge in [0, 0.05) is 25.1 Å². The number of hydrogen-bond donors (Lipinski definition) is 1. The van der Waals surface area contributed by atoms with Gasteiger partial charge in [0.1, 0.15) is 0 Å². The fourth-order valence-corrected chi connectivity index (χ4v) is 3.04. The topological polar surface area (TPSA) is 38.5 Å². The maximum absolute atomic E-state index is 6.18. The third-order valence-electron chi connectivity index (χ3n) is 3.14. The second-order valence-corrected chi connectivity index (χ2v) is 5.47. The molecular formula is C12H20N2OS. The molecule has 0 amide bonds. The van der Waals surface area contributed by atoms with Crippen LogP contribution in [0.15, 0.2) is 17.5 Å². The highest BCUT2D eigenvalue weighted by Gasteiger charge is 2.24. The third-order valence-corrected chi connectivity index (χ3v) is 4.14. The van der Waals surface area contributed by atoms with Crippen molar-refractivity contribution in [2.45, 2.75) is 12.5 Å². The Morgan fingerprint density at radius 2 is 2.56 bits per heavy atom. The number of rotatable bonds is 5. The Kier molecular flexibility index (Phi) is 4.35. The maximum atomic E-state index is 6.18. The highest BCUT2D eigenvalue weighted by Crippen LogP contribution is 2.22. The van der Waals surface area contributed by atoms with Crippen LogP contribution in [0.25, 0.3) is 0 Å². The molecule has 2 N–H and O–H groups in total. The van der Waals surface area contributed by atoms with Gasteiger partial charge in [0.15, 0.2) is 0 Å². The molecule has 1 aliphatic rings. The molecule has 90 valence electrons. The molecule has 1 saturated heterocycles. The van der Waals surface area contributed by atoms with Crippen molar-refractivity contribution in [1.29, 1.82) is 0 Å². The summed E-state index contributed by atoms with van der Waals surface area (Å²) in [6.07, 6.45) is 1.24. The third kappa shape index (κ3) is 3.04. The first-order valence-electron chi connectivity index (χ1n) is 5.80. The molecule has 1 aromatic rings. The lowest BCUT2D eigenvalue weighted by molar-refractivity contribution is 0.152. The molecule has 1 aliphatic heterocycles. The van der Waals surface area contributed by atoms with Gasteiger partial charge < -0.3 is 15.4 Å². The van der Waals surface area contributed by atoms with Crippen molar-refractivity contribution in [2.24, 2.45) is 11.7 Å². The summed E-state index contributed by atoms with van der Waals surface area (Å²) in [7, 11) is 1.78. The second-order valence-electron chi connectivity index (χ2n) is 4.49. The highest BCUT2D eigenvalue weighted by atomic mass is 32.1. The SMILES string of the molecule is COCC1CCN(CC(N)c2cccs2)C1. The van der Waals surface area contributed by atoms with E-state index in [1.807, 2.05) is 0 Å². The maximum Gasteiger partial charge on any atom is 0.0519 e. The molecule has 3 nitrogen and oxygen atoms in total. The molecule has 0 saturated carbocycles. The molecule has 1 aromatic heterocycles. The minimum atomic E-state index is 0.168. The van der Waals surface area contributed by atoms with E-state index in [0.29, 0.717) is 5.92 Å². The van der Waals surface area contributed by atoms with Crippen LogP contribution in [0.5, 0.6) is 0 Å². The molecule has 2 rings (SSSR count). The largest absolute Gasteiger partial charge is 0.384 e. The molecule has 0 radical (unpaired) electrons. The average molecular weight is 240 g/mol. The predicted molar refractivity (Wildman–Crippen MR) is 67.7 cm³/mol. The Hall–Kier alpha value is -0.420. The van der Waals surface area contributed by atoms with Gasteiger partial charge in [0.2, 0.25) is 0 Å². The van der Waals surface area contributed by atoms with Crippen molar-refractivity contribution >= 4 is 11.3 Å². The average Bonchev–Trinajstić information content (AvgIpc) is 2.89. The first kappa shape index (κ1) is 12.0. The molecule has 0 spiro atoms. The van der Waals surface area contributed by atoms with Gasteiger partial charge in [-0.1, -0.05) is 6.07 Å². The predicted octanol–water partition coefficient (Wildman–Crippen LogP) is 1.72. The van der Waals surface area contributed by atoms with E-state index in [2.05, 4.69) is 22.4 Å². The highest BCUT2D eigenvalue weighted by molar-refractivity contribution is 7.10. The molecule has 2 atom stereocenters. The van der Waals surface area contributed by atoms with E-state index in [9.17, 15) is 0 Å². The minimum absolute atomic E-state index is 0.168. The van der Waals surface area contributed by atoms with Crippen LogP contribution < -0.4 is 5.73 Å². The Balaban J connectivity index is 1.78. The van der Waals surface area contributed by atoms with Crippen LogP contribution in [0, 0.1) is 5.92 Å². The van der Waals surface area contributed by atoms with Crippen molar-refractivity contribution in [1.82, 2.24) is 4.90 Å². The summed E-state index contributed by atoms with van der Waals surface area (Å²) in [5.74, 6) is 0.695. The number of methoxy groups -OCH3 is 1. The normalized spacial score (nSPS) is 23.8. The van der Waals surface area contributed by atoms with Crippen molar-refractivity contribution in [3.8, 4) is 0 Å². The Morgan fingerprint density at radius 1 is 1.69 bits per heavy atom. The molecule has 4 heteroatoms. The standard InChI is InChI=1S/C12H20N2OS/c1-15-9-10-4-5-14(7-10)8-11(13)12-3-2-6-16-12/h2-3,6,10-11H,4-5,7-9,13H2,1H3. The van der Waals surface area contributed by atoms with E-state index < -0.39 is 0 Å². The Labute approximate surface area is 101 Å². The van der Waals surface area contributed by atoms with E-state index in [0.717, 1.165) is 26.2 Å². The monoisotopic (exact) mass is 240 g/mol. The van der Waals surface area contributed by atoms with Gasteiger partial charge in [0.25, 0.3) is 0 Å². The smallest absolute Gasteiger partial charge is 0.0519 e. The van der Waals surface area contributed by atoms with Crippen molar-refractivity contribution < 1.29 is 4.74 Å². The van der Waals surface area contributed by atoms with E-state index in [4.69, 9.17) is 10.5 Å². The molecular weight excluding hydrogens is 220 g/mol. The number of nitrogens with zero attached hydrogens (tertiary/aromatic N) is 1. The quantitative estimate of drug-likeness (QED) is 0.851. The second kappa shape index (κ2) is 5.77. The first-order chi connectivity index (χ1) is 7.79. The Bertz CT molecular complexity index is 302. The van der Waals surface area contributed by atoms with Gasteiger partial charge in [-0.05, 0) is 30.3 Å². The van der Waals surface area contributed by atoms with Crippen LogP contribution in [-0.2, 0) is 4.74 Å². The number of hydrogen-bond acceptors (Lipinski definition) is 4. The van der Waals surface area contributed by atoms with E-state index in [1.54, 1.807) is 18.4 Å².